The Bertz CT molecular complexity index is 891. The van der Waals surface area contributed by atoms with Gasteiger partial charge in [-0.15, -0.1) is 11.3 Å². The van der Waals surface area contributed by atoms with Crippen molar-refractivity contribution in [2.45, 2.75) is 39.0 Å². The molecule has 1 amide bonds. The van der Waals surface area contributed by atoms with Crippen LogP contribution in [0.2, 0.25) is 0 Å². The molecule has 1 aromatic carbocycles. The maximum atomic E-state index is 12.6. The van der Waals surface area contributed by atoms with Crippen molar-refractivity contribution in [2.24, 2.45) is 5.73 Å². The quantitative estimate of drug-likeness (QED) is 0.385. The lowest BCUT2D eigenvalue weighted by molar-refractivity contribution is 0.0526. The van der Waals surface area contributed by atoms with Crippen LogP contribution in [0.4, 0.5) is 10.7 Å². The van der Waals surface area contributed by atoms with E-state index in [4.69, 9.17) is 22.7 Å². The zero-order valence-electron chi connectivity index (χ0n) is 15.7. The fraction of sp³-hybridized carbons (Fsp3) is 0.350. The standard InChI is InChI=1S/C20H23N3O3S2/c1-2-26-19(25)16-14-6-4-3-5-7-15(14)28-18(16)23-20(27)22-13-10-8-12(9-11-13)17(21)24/h8-11H,2-7H2,1H3,(H2,21,24)(H2,22,23,27). The number of carbonyl (C=O) groups is 2. The minimum absolute atomic E-state index is 0.307. The van der Waals surface area contributed by atoms with E-state index in [-0.39, 0.29) is 5.97 Å². The van der Waals surface area contributed by atoms with Crippen LogP contribution in [-0.4, -0.2) is 23.6 Å². The Labute approximate surface area is 173 Å². The Morgan fingerprint density at radius 3 is 2.54 bits per heavy atom. The Morgan fingerprint density at radius 1 is 1.14 bits per heavy atom. The fourth-order valence-corrected chi connectivity index (χ4v) is 4.80. The number of primary amides is 1. The van der Waals surface area contributed by atoms with Crippen LogP contribution in [-0.2, 0) is 17.6 Å². The van der Waals surface area contributed by atoms with E-state index in [0.29, 0.717) is 22.8 Å². The van der Waals surface area contributed by atoms with Gasteiger partial charge in [0.2, 0.25) is 5.91 Å². The normalized spacial score (nSPS) is 13.2. The van der Waals surface area contributed by atoms with Crippen molar-refractivity contribution in [3.63, 3.8) is 0 Å². The molecule has 6 nitrogen and oxygen atoms in total. The molecule has 3 rings (SSSR count). The summed E-state index contributed by atoms with van der Waals surface area (Å²) >= 11 is 7.00. The monoisotopic (exact) mass is 417 g/mol. The number of hydrogen-bond acceptors (Lipinski definition) is 5. The van der Waals surface area contributed by atoms with Crippen LogP contribution < -0.4 is 16.4 Å². The smallest absolute Gasteiger partial charge is 0.341 e. The minimum atomic E-state index is -0.480. The number of nitrogens with two attached hydrogens (primary N) is 1. The summed E-state index contributed by atoms with van der Waals surface area (Å²) in [6.45, 7) is 2.13. The SMILES string of the molecule is CCOC(=O)c1c(NC(=S)Nc2ccc(C(N)=O)cc2)sc2c1CCCCC2. The van der Waals surface area contributed by atoms with E-state index >= 15 is 0 Å². The zero-order valence-corrected chi connectivity index (χ0v) is 17.3. The third-order valence-electron chi connectivity index (χ3n) is 4.56. The van der Waals surface area contributed by atoms with Gasteiger partial charge in [-0.05, 0) is 74.7 Å². The van der Waals surface area contributed by atoms with Crippen molar-refractivity contribution >= 4 is 51.2 Å². The van der Waals surface area contributed by atoms with Gasteiger partial charge < -0.3 is 21.1 Å². The van der Waals surface area contributed by atoms with E-state index in [1.807, 2.05) is 0 Å². The molecule has 0 aliphatic heterocycles. The van der Waals surface area contributed by atoms with Crippen molar-refractivity contribution in [1.29, 1.82) is 0 Å². The van der Waals surface area contributed by atoms with Gasteiger partial charge in [-0.1, -0.05) is 6.42 Å². The van der Waals surface area contributed by atoms with Crippen LogP contribution in [0.1, 0.15) is 57.3 Å². The highest BCUT2D eigenvalue weighted by Crippen LogP contribution is 2.38. The number of benzene rings is 1. The number of thiocarbonyl (C=S) groups is 1. The number of esters is 1. The van der Waals surface area contributed by atoms with E-state index in [2.05, 4.69) is 10.6 Å². The maximum Gasteiger partial charge on any atom is 0.341 e. The van der Waals surface area contributed by atoms with E-state index in [9.17, 15) is 9.59 Å². The number of anilines is 2. The van der Waals surface area contributed by atoms with Crippen molar-refractivity contribution < 1.29 is 14.3 Å². The molecule has 8 heteroatoms. The largest absolute Gasteiger partial charge is 0.462 e. The molecule has 0 bridgehead atoms. The highest BCUT2D eigenvalue weighted by Gasteiger charge is 2.26. The second-order valence-corrected chi connectivity index (χ2v) is 8.02. The number of rotatable bonds is 5. The summed E-state index contributed by atoms with van der Waals surface area (Å²) in [6.07, 6.45) is 5.24. The first kappa shape index (κ1) is 20.3. The first-order valence-electron chi connectivity index (χ1n) is 9.29. The molecule has 1 heterocycles. The molecule has 1 aliphatic carbocycles. The lowest BCUT2D eigenvalue weighted by Gasteiger charge is -2.12. The predicted octanol–water partition coefficient (Wildman–Crippen LogP) is 4.10. The van der Waals surface area contributed by atoms with E-state index < -0.39 is 5.91 Å². The molecule has 1 aliphatic rings. The molecule has 0 spiro atoms. The van der Waals surface area contributed by atoms with Crippen molar-refractivity contribution in [1.82, 2.24) is 0 Å². The Balaban J connectivity index is 1.79. The fourth-order valence-electron chi connectivity index (χ4n) is 3.23. The summed E-state index contributed by atoms with van der Waals surface area (Å²) in [4.78, 5) is 25.0. The van der Waals surface area contributed by atoms with Gasteiger partial charge in [-0.3, -0.25) is 4.79 Å². The van der Waals surface area contributed by atoms with Gasteiger partial charge in [0.05, 0.1) is 12.2 Å². The maximum absolute atomic E-state index is 12.6. The van der Waals surface area contributed by atoms with Crippen molar-refractivity contribution in [2.75, 3.05) is 17.2 Å². The van der Waals surface area contributed by atoms with Crippen LogP contribution in [0.25, 0.3) is 0 Å². The topological polar surface area (TPSA) is 93.4 Å². The molecule has 0 unspecified atom stereocenters. The Kier molecular flexibility index (Phi) is 6.64. The second-order valence-electron chi connectivity index (χ2n) is 6.51. The highest BCUT2D eigenvalue weighted by molar-refractivity contribution is 7.80. The van der Waals surface area contributed by atoms with Gasteiger partial charge in [0.1, 0.15) is 5.00 Å². The molecule has 4 N–H and O–H groups in total. The Hall–Kier alpha value is -2.45. The van der Waals surface area contributed by atoms with Crippen LogP contribution in [0, 0.1) is 0 Å². The predicted molar refractivity (Wildman–Crippen MR) is 116 cm³/mol. The summed E-state index contributed by atoms with van der Waals surface area (Å²) in [6, 6.07) is 6.71. The average Bonchev–Trinajstić information content (AvgIpc) is 2.82. The van der Waals surface area contributed by atoms with Crippen LogP contribution in [0.5, 0.6) is 0 Å². The van der Waals surface area contributed by atoms with E-state index in [0.717, 1.165) is 41.9 Å². The number of fused-ring (bicyclic) bond motifs is 1. The van der Waals surface area contributed by atoms with Crippen molar-refractivity contribution in [3.05, 3.63) is 45.8 Å². The number of carbonyl (C=O) groups excluding carboxylic acids is 2. The van der Waals surface area contributed by atoms with E-state index in [1.54, 1.807) is 42.5 Å². The molecule has 0 atom stereocenters. The van der Waals surface area contributed by atoms with Crippen LogP contribution >= 0.6 is 23.6 Å². The summed E-state index contributed by atoms with van der Waals surface area (Å²) in [7, 11) is 0. The van der Waals surface area contributed by atoms with E-state index in [1.165, 1.54) is 11.3 Å². The highest BCUT2D eigenvalue weighted by atomic mass is 32.1. The van der Waals surface area contributed by atoms with Gasteiger partial charge in [0, 0.05) is 16.1 Å². The molecule has 28 heavy (non-hydrogen) atoms. The third kappa shape index (κ3) is 4.69. The zero-order chi connectivity index (χ0) is 20.1. The number of amides is 1. The molecular weight excluding hydrogens is 394 g/mol. The van der Waals surface area contributed by atoms with Crippen molar-refractivity contribution in [3.8, 4) is 0 Å². The molecule has 0 fully saturated rings. The molecule has 0 radical (unpaired) electrons. The van der Waals surface area contributed by atoms with Gasteiger partial charge >= 0.3 is 5.97 Å². The number of ether oxygens (including phenoxy) is 1. The molecule has 148 valence electrons. The lowest BCUT2D eigenvalue weighted by atomic mass is 10.1. The summed E-state index contributed by atoms with van der Waals surface area (Å²) in [5.41, 5.74) is 8.11. The summed E-state index contributed by atoms with van der Waals surface area (Å²) in [5.74, 6) is -0.788. The third-order valence-corrected chi connectivity index (χ3v) is 5.97. The number of aryl methyl sites for hydroxylation is 1. The first-order valence-corrected chi connectivity index (χ1v) is 10.5. The second kappa shape index (κ2) is 9.16. The molecule has 1 aromatic heterocycles. The number of thiophene rings is 1. The lowest BCUT2D eigenvalue weighted by Crippen LogP contribution is -2.20. The summed E-state index contributed by atoms with van der Waals surface area (Å²) < 4.78 is 5.29. The molecule has 0 saturated heterocycles. The average molecular weight is 418 g/mol. The van der Waals surface area contributed by atoms with Crippen LogP contribution in [0.3, 0.4) is 0 Å². The van der Waals surface area contributed by atoms with Gasteiger partial charge in [-0.25, -0.2) is 4.79 Å². The summed E-state index contributed by atoms with van der Waals surface area (Å²) in [5, 5.41) is 7.32. The van der Waals surface area contributed by atoms with Crippen LogP contribution in [0.15, 0.2) is 24.3 Å². The Morgan fingerprint density at radius 2 is 1.86 bits per heavy atom. The van der Waals surface area contributed by atoms with Gasteiger partial charge in [-0.2, -0.15) is 0 Å². The molecule has 0 saturated carbocycles. The number of nitrogens with one attached hydrogen (secondary N) is 2. The van der Waals surface area contributed by atoms with Gasteiger partial charge in [0.15, 0.2) is 5.11 Å². The van der Waals surface area contributed by atoms with Gasteiger partial charge in [0.25, 0.3) is 0 Å². The first-order chi connectivity index (χ1) is 13.5. The number of hydrogen-bond donors (Lipinski definition) is 3. The molecule has 2 aromatic rings. The molecular formula is C20H23N3O3S2. The minimum Gasteiger partial charge on any atom is -0.462 e.